The SMILES string of the molecule is CCc1n[nH]c(=S)n1C1CCCCCC1C. The van der Waals surface area contributed by atoms with Gasteiger partial charge in [-0.05, 0) is 31.0 Å². The fourth-order valence-corrected chi connectivity index (χ4v) is 3.07. The van der Waals surface area contributed by atoms with Gasteiger partial charge in [0.15, 0.2) is 4.77 Å². The Labute approximate surface area is 102 Å². The molecule has 0 aliphatic heterocycles. The first-order valence-electron chi connectivity index (χ1n) is 6.39. The fourth-order valence-electron chi connectivity index (χ4n) is 2.79. The van der Waals surface area contributed by atoms with Crippen molar-refractivity contribution in [3.05, 3.63) is 10.6 Å². The van der Waals surface area contributed by atoms with Crippen molar-refractivity contribution < 1.29 is 0 Å². The molecule has 0 saturated heterocycles. The van der Waals surface area contributed by atoms with E-state index in [1.807, 2.05) is 0 Å². The molecule has 1 aromatic rings. The highest BCUT2D eigenvalue weighted by Crippen LogP contribution is 2.33. The van der Waals surface area contributed by atoms with E-state index in [1.54, 1.807) is 0 Å². The predicted molar refractivity (Wildman–Crippen MR) is 68.1 cm³/mol. The number of rotatable bonds is 2. The van der Waals surface area contributed by atoms with E-state index >= 15 is 0 Å². The molecule has 1 heterocycles. The summed E-state index contributed by atoms with van der Waals surface area (Å²) in [7, 11) is 0. The van der Waals surface area contributed by atoms with Crippen LogP contribution in [0.5, 0.6) is 0 Å². The van der Waals surface area contributed by atoms with E-state index in [0.717, 1.165) is 22.9 Å². The van der Waals surface area contributed by atoms with Crippen molar-refractivity contribution in [2.45, 2.75) is 58.4 Å². The second-order valence-electron chi connectivity index (χ2n) is 4.85. The van der Waals surface area contributed by atoms with E-state index < -0.39 is 0 Å². The van der Waals surface area contributed by atoms with Crippen LogP contribution < -0.4 is 0 Å². The summed E-state index contributed by atoms with van der Waals surface area (Å²) in [6.07, 6.45) is 7.59. The molecule has 1 saturated carbocycles. The van der Waals surface area contributed by atoms with E-state index in [4.69, 9.17) is 12.2 Å². The Balaban J connectivity index is 2.33. The molecule has 1 aromatic heterocycles. The van der Waals surface area contributed by atoms with Crippen LogP contribution in [0.1, 0.15) is 57.8 Å². The summed E-state index contributed by atoms with van der Waals surface area (Å²) in [5.41, 5.74) is 0. The van der Waals surface area contributed by atoms with Crippen molar-refractivity contribution in [3.63, 3.8) is 0 Å². The van der Waals surface area contributed by atoms with E-state index in [2.05, 4.69) is 28.6 Å². The van der Waals surface area contributed by atoms with Gasteiger partial charge in [-0.1, -0.05) is 33.1 Å². The van der Waals surface area contributed by atoms with Crippen LogP contribution in [0.15, 0.2) is 0 Å². The Bertz CT molecular complexity index is 393. The Morgan fingerprint density at radius 3 is 2.88 bits per heavy atom. The first-order chi connectivity index (χ1) is 7.74. The average molecular weight is 239 g/mol. The van der Waals surface area contributed by atoms with Crippen LogP contribution in [0.2, 0.25) is 0 Å². The van der Waals surface area contributed by atoms with Crippen LogP contribution in [-0.4, -0.2) is 14.8 Å². The molecule has 4 heteroatoms. The van der Waals surface area contributed by atoms with Gasteiger partial charge in [0.2, 0.25) is 0 Å². The zero-order chi connectivity index (χ0) is 11.5. The summed E-state index contributed by atoms with van der Waals surface area (Å²) >= 11 is 5.36. The molecule has 0 aromatic carbocycles. The molecule has 1 fully saturated rings. The summed E-state index contributed by atoms with van der Waals surface area (Å²) in [6.45, 7) is 4.49. The first kappa shape index (κ1) is 11.8. The maximum absolute atomic E-state index is 5.36. The molecule has 16 heavy (non-hydrogen) atoms. The molecule has 2 atom stereocenters. The van der Waals surface area contributed by atoms with E-state index in [9.17, 15) is 0 Å². The van der Waals surface area contributed by atoms with Crippen molar-refractivity contribution >= 4 is 12.2 Å². The maximum Gasteiger partial charge on any atom is 0.195 e. The summed E-state index contributed by atoms with van der Waals surface area (Å²) in [5, 5.41) is 7.26. The van der Waals surface area contributed by atoms with Crippen LogP contribution in [-0.2, 0) is 6.42 Å². The second kappa shape index (κ2) is 5.13. The molecule has 0 spiro atoms. The minimum atomic E-state index is 0.559. The number of aromatic amines is 1. The molecule has 0 amide bonds. The normalized spacial score (nSPS) is 26.6. The topological polar surface area (TPSA) is 33.6 Å². The lowest BCUT2D eigenvalue weighted by molar-refractivity contribution is 0.323. The monoisotopic (exact) mass is 239 g/mol. The number of hydrogen-bond donors (Lipinski definition) is 1. The van der Waals surface area contributed by atoms with E-state index in [-0.39, 0.29) is 0 Å². The summed E-state index contributed by atoms with van der Waals surface area (Å²) in [4.78, 5) is 0. The largest absolute Gasteiger partial charge is 0.301 e. The highest BCUT2D eigenvalue weighted by atomic mass is 32.1. The molecule has 2 unspecified atom stereocenters. The Kier molecular flexibility index (Phi) is 3.79. The number of H-pyrrole nitrogens is 1. The quantitative estimate of drug-likeness (QED) is 0.631. The molecular formula is C12H21N3S. The fraction of sp³-hybridized carbons (Fsp3) is 0.833. The Morgan fingerprint density at radius 1 is 1.38 bits per heavy atom. The Hall–Kier alpha value is -0.640. The lowest BCUT2D eigenvalue weighted by Crippen LogP contribution is -2.18. The van der Waals surface area contributed by atoms with Gasteiger partial charge in [0.05, 0.1) is 0 Å². The zero-order valence-corrected chi connectivity index (χ0v) is 11.0. The summed E-state index contributed by atoms with van der Waals surface area (Å²) < 4.78 is 3.07. The highest BCUT2D eigenvalue weighted by molar-refractivity contribution is 7.71. The smallest absolute Gasteiger partial charge is 0.195 e. The van der Waals surface area contributed by atoms with E-state index in [0.29, 0.717) is 6.04 Å². The first-order valence-corrected chi connectivity index (χ1v) is 6.80. The molecular weight excluding hydrogens is 218 g/mol. The van der Waals surface area contributed by atoms with Gasteiger partial charge in [-0.3, -0.25) is 5.10 Å². The van der Waals surface area contributed by atoms with Gasteiger partial charge in [0.25, 0.3) is 0 Å². The number of nitrogens with zero attached hydrogens (tertiary/aromatic N) is 2. The molecule has 2 rings (SSSR count). The molecule has 1 N–H and O–H groups in total. The van der Waals surface area contributed by atoms with Gasteiger partial charge < -0.3 is 4.57 Å². The Morgan fingerprint density at radius 2 is 2.12 bits per heavy atom. The van der Waals surface area contributed by atoms with Gasteiger partial charge in [-0.25, -0.2) is 0 Å². The van der Waals surface area contributed by atoms with Crippen LogP contribution in [0.3, 0.4) is 0 Å². The maximum atomic E-state index is 5.36. The lowest BCUT2D eigenvalue weighted by Gasteiger charge is -2.24. The van der Waals surface area contributed by atoms with Gasteiger partial charge in [0.1, 0.15) is 5.82 Å². The molecule has 90 valence electrons. The highest BCUT2D eigenvalue weighted by Gasteiger charge is 2.24. The number of nitrogens with one attached hydrogen (secondary N) is 1. The summed E-state index contributed by atoms with van der Waals surface area (Å²) in [5.74, 6) is 1.83. The molecule has 3 nitrogen and oxygen atoms in total. The zero-order valence-electron chi connectivity index (χ0n) is 10.2. The van der Waals surface area contributed by atoms with Gasteiger partial charge in [0, 0.05) is 12.5 Å². The third-order valence-electron chi connectivity index (χ3n) is 3.74. The minimum absolute atomic E-state index is 0.559. The molecule has 1 aliphatic rings. The van der Waals surface area contributed by atoms with Crippen LogP contribution >= 0.6 is 12.2 Å². The minimum Gasteiger partial charge on any atom is -0.301 e. The third-order valence-corrected chi connectivity index (χ3v) is 4.03. The van der Waals surface area contributed by atoms with Crippen molar-refractivity contribution in [2.75, 3.05) is 0 Å². The third kappa shape index (κ3) is 2.21. The number of aromatic nitrogens is 3. The van der Waals surface area contributed by atoms with Crippen LogP contribution in [0.4, 0.5) is 0 Å². The standard InChI is InChI=1S/C12H21N3S/c1-3-11-13-14-12(16)15(11)10-8-6-4-5-7-9(10)2/h9-10H,3-8H2,1-2H3,(H,14,16). The van der Waals surface area contributed by atoms with Crippen molar-refractivity contribution in [2.24, 2.45) is 5.92 Å². The number of aryl methyl sites for hydroxylation is 1. The average Bonchev–Trinajstić information content (AvgIpc) is 2.51. The number of hydrogen-bond acceptors (Lipinski definition) is 2. The van der Waals surface area contributed by atoms with Crippen molar-refractivity contribution in [1.82, 2.24) is 14.8 Å². The van der Waals surface area contributed by atoms with Crippen molar-refractivity contribution in [3.8, 4) is 0 Å². The van der Waals surface area contributed by atoms with Crippen molar-refractivity contribution in [1.29, 1.82) is 0 Å². The van der Waals surface area contributed by atoms with Gasteiger partial charge >= 0.3 is 0 Å². The summed E-state index contributed by atoms with van der Waals surface area (Å²) in [6, 6.07) is 0.559. The second-order valence-corrected chi connectivity index (χ2v) is 5.24. The van der Waals surface area contributed by atoms with E-state index in [1.165, 1.54) is 32.1 Å². The predicted octanol–water partition coefficient (Wildman–Crippen LogP) is 3.64. The molecule has 1 aliphatic carbocycles. The van der Waals surface area contributed by atoms with Crippen LogP contribution in [0.25, 0.3) is 0 Å². The van der Waals surface area contributed by atoms with Crippen LogP contribution in [0, 0.1) is 10.7 Å². The van der Waals surface area contributed by atoms with Gasteiger partial charge in [-0.15, -0.1) is 0 Å². The lowest BCUT2D eigenvalue weighted by atomic mass is 9.96. The van der Waals surface area contributed by atoms with Gasteiger partial charge in [-0.2, -0.15) is 5.10 Å². The molecule has 0 bridgehead atoms. The molecule has 0 radical (unpaired) electrons.